The second-order valence-electron chi connectivity index (χ2n) is 11.9. The van der Waals surface area contributed by atoms with E-state index in [1.807, 2.05) is 43.3 Å². The van der Waals surface area contributed by atoms with Crippen LogP contribution in [0.5, 0.6) is 0 Å². The number of amides is 1. The van der Waals surface area contributed by atoms with Gasteiger partial charge in [-0.15, -0.1) is 0 Å². The maximum atomic E-state index is 14.1. The zero-order valence-electron chi connectivity index (χ0n) is 26.9. The molecule has 1 amide bonds. The van der Waals surface area contributed by atoms with E-state index in [2.05, 4.69) is 35.2 Å². The molecule has 0 N–H and O–H groups in total. The largest absolute Gasteiger partial charge is 0.357 e. The van der Waals surface area contributed by atoms with Gasteiger partial charge in [0, 0.05) is 32.2 Å². The number of hydrogen-bond acceptors (Lipinski definition) is 7. The molecule has 0 spiro atoms. The van der Waals surface area contributed by atoms with Crippen LogP contribution in [0.1, 0.15) is 47.7 Å². The van der Waals surface area contributed by atoms with E-state index in [1.54, 1.807) is 36.2 Å². The third kappa shape index (κ3) is 5.77. The molecule has 4 aromatic rings. The minimum atomic E-state index is -0.411. The summed E-state index contributed by atoms with van der Waals surface area (Å²) in [4.78, 5) is 45.3. The number of para-hydroxylation sites is 1. The quantitative estimate of drug-likeness (QED) is 0.185. The van der Waals surface area contributed by atoms with Gasteiger partial charge in [0.2, 0.25) is 0 Å². The summed E-state index contributed by atoms with van der Waals surface area (Å²) < 4.78 is 5.13. The summed E-state index contributed by atoms with van der Waals surface area (Å²) in [5.74, 6) is 0.814. The number of anilines is 2. The van der Waals surface area contributed by atoms with Gasteiger partial charge in [0.25, 0.3) is 17.0 Å². The Labute approximate surface area is 283 Å². The lowest BCUT2D eigenvalue weighted by molar-refractivity contribution is -0.113. The number of thioether (sulfide) groups is 1. The molecule has 2 aromatic carbocycles. The van der Waals surface area contributed by atoms with Crippen LogP contribution in [0.4, 0.5) is 11.5 Å². The minimum absolute atomic E-state index is 0.0564. The fraction of sp³-hybridized carbons (Fsp3) is 0.306. The normalized spacial score (nSPS) is 16.4. The van der Waals surface area contributed by atoms with Gasteiger partial charge >= 0.3 is 0 Å². The van der Waals surface area contributed by atoms with Gasteiger partial charge in [0.05, 0.1) is 16.3 Å². The van der Waals surface area contributed by atoms with Crippen LogP contribution < -0.4 is 20.9 Å². The van der Waals surface area contributed by atoms with E-state index in [0.717, 1.165) is 44.1 Å². The second-order valence-corrected chi connectivity index (χ2v) is 13.6. The molecule has 2 fully saturated rings. The molecule has 0 radical (unpaired) electrons. The SMILES string of the molecule is CCn1c(N2CCC(Cc3ccccc3)CC2)c(/C=C2\SC(=S)N(c3c(C)n(C)n(-c4ccccc4)c3=O)C2=O)c(C)c(C#N)c1=O. The highest BCUT2D eigenvalue weighted by Gasteiger charge is 2.38. The average Bonchev–Trinajstić information content (AvgIpc) is 3.47. The Kier molecular flexibility index (Phi) is 9.08. The molecule has 47 heavy (non-hydrogen) atoms. The van der Waals surface area contributed by atoms with Crippen molar-refractivity contribution in [1.82, 2.24) is 13.9 Å². The van der Waals surface area contributed by atoms with E-state index in [0.29, 0.717) is 45.7 Å². The summed E-state index contributed by atoms with van der Waals surface area (Å²) in [5.41, 5.74) is 3.34. The monoisotopic (exact) mass is 664 g/mol. The maximum Gasteiger partial charge on any atom is 0.296 e. The number of piperidine rings is 1. The molecule has 240 valence electrons. The van der Waals surface area contributed by atoms with Crippen LogP contribution in [0.2, 0.25) is 0 Å². The highest BCUT2D eigenvalue weighted by Crippen LogP contribution is 2.39. The minimum Gasteiger partial charge on any atom is -0.357 e. The zero-order valence-corrected chi connectivity index (χ0v) is 28.5. The van der Waals surface area contributed by atoms with Crippen LogP contribution in [0.25, 0.3) is 11.8 Å². The van der Waals surface area contributed by atoms with Crippen molar-refractivity contribution in [3.63, 3.8) is 0 Å². The predicted octanol–water partition coefficient (Wildman–Crippen LogP) is 5.71. The number of hydrogen-bond donors (Lipinski definition) is 0. The molecule has 9 nitrogen and oxygen atoms in total. The second kappa shape index (κ2) is 13.2. The summed E-state index contributed by atoms with van der Waals surface area (Å²) in [6, 6.07) is 21.8. The zero-order chi connectivity index (χ0) is 33.4. The number of nitriles is 1. The Balaban J connectivity index is 1.39. The number of rotatable bonds is 7. The molecule has 2 saturated heterocycles. The van der Waals surface area contributed by atoms with Gasteiger partial charge < -0.3 is 4.90 Å². The van der Waals surface area contributed by atoms with Crippen LogP contribution in [0.15, 0.2) is 75.2 Å². The number of benzene rings is 2. The van der Waals surface area contributed by atoms with E-state index in [4.69, 9.17) is 12.2 Å². The maximum absolute atomic E-state index is 14.1. The van der Waals surface area contributed by atoms with E-state index in [-0.39, 0.29) is 26.7 Å². The molecular weight excluding hydrogens is 629 g/mol. The molecule has 0 atom stereocenters. The van der Waals surface area contributed by atoms with Crippen molar-refractivity contribution in [1.29, 1.82) is 5.26 Å². The number of aromatic nitrogens is 3. The first-order valence-corrected chi connectivity index (χ1v) is 17.0. The highest BCUT2D eigenvalue weighted by atomic mass is 32.2. The van der Waals surface area contributed by atoms with Crippen molar-refractivity contribution in [2.45, 2.75) is 46.6 Å². The lowest BCUT2D eigenvalue weighted by Gasteiger charge is -2.36. The van der Waals surface area contributed by atoms with Crippen LogP contribution in [-0.4, -0.2) is 37.2 Å². The fourth-order valence-electron chi connectivity index (χ4n) is 6.68. The molecule has 0 unspecified atom stereocenters. The number of pyridine rings is 1. The summed E-state index contributed by atoms with van der Waals surface area (Å²) in [6.07, 6.45) is 4.66. The molecular formula is C36H36N6O3S2. The molecule has 2 aromatic heterocycles. The van der Waals surface area contributed by atoms with Crippen molar-refractivity contribution in [2.75, 3.05) is 22.9 Å². The van der Waals surface area contributed by atoms with Gasteiger partial charge in [-0.25, -0.2) is 4.68 Å². The lowest BCUT2D eigenvalue weighted by Crippen LogP contribution is -2.39. The smallest absolute Gasteiger partial charge is 0.296 e. The first kappa shape index (κ1) is 32.3. The van der Waals surface area contributed by atoms with Gasteiger partial charge in [-0.2, -0.15) is 5.26 Å². The van der Waals surface area contributed by atoms with Crippen LogP contribution in [-0.2, 0) is 24.8 Å². The van der Waals surface area contributed by atoms with Crippen LogP contribution >= 0.6 is 24.0 Å². The highest BCUT2D eigenvalue weighted by molar-refractivity contribution is 8.27. The van der Waals surface area contributed by atoms with Gasteiger partial charge in [-0.05, 0) is 75.3 Å². The van der Waals surface area contributed by atoms with Crippen LogP contribution in [0, 0.1) is 31.1 Å². The van der Waals surface area contributed by atoms with E-state index >= 15 is 0 Å². The third-order valence-corrected chi connectivity index (χ3v) is 10.6. The third-order valence-electron chi connectivity index (χ3n) is 9.26. The van der Waals surface area contributed by atoms with Crippen LogP contribution in [0.3, 0.4) is 0 Å². The number of thiocarbonyl (C=S) groups is 1. The molecule has 11 heteroatoms. The fourth-order valence-corrected chi connectivity index (χ4v) is 7.93. The summed E-state index contributed by atoms with van der Waals surface area (Å²) in [6.45, 7) is 7.30. The van der Waals surface area contributed by atoms with Crippen molar-refractivity contribution < 1.29 is 4.79 Å². The van der Waals surface area contributed by atoms with E-state index in [1.165, 1.54) is 15.1 Å². The van der Waals surface area contributed by atoms with E-state index < -0.39 is 5.91 Å². The molecule has 6 rings (SSSR count). The standard InChI is InChI=1S/C36H36N6O3S2/c1-5-40-32(39-18-16-26(17-19-39)20-25-12-8-6-9-13-25)28(23(2)29(22-37)33(40)43)21-30-34(44)41(36(46)47-30)31-24(3)38(4)42(35(31)45)27-14-10-7-11-15-27/h6-15,21,26H,5,16-20H2,1-4H3/b30-21-. The average molecular weight is 665 g/mol. The molecule has 2 aliphatic heterocycles. The van der Waals surface area contributed by atoms with Crippen molar-refractivity contribution in [3.05, 3.63) is 114 Å². The number of carbonyl (C=O) groups excluding carboxylic acids is 1. The summed E-state index contributed by atoms with van der Waals surface area (Å²) >= 11 is 6.83. The van der Waals surface area contributed by atoms with E-state index in [9.17, 15) is 19.6 Å². The van der Waals surface area contributed by atoms with Gasteiger partial charge in [0.15, 0.2) is 4.32 Å². The van der Waals surface area contributed by atoms with Crippen molar-refractivity contribution in [3.8, 4) is 11.8 Å². The topological polar surface area (TPSA) is 96.3 Å². The molecule has 2 aliphatic rings. The molecule has 0 bridgehead atoms. The Morgan fingerprint density at radius 2 is 1.62 bits per heavy atom. The van der Waals surface area contributed by atoms with Gasteiger partial charge in [0.1, 0.15) is 23.1 Å². The van der Waals surface area contributed by atoms with Gasteiger partial charge in [-0.1, -0.05) is 72.5 Å². The van der Waals surface area contributed by atoms with Crippen molar-refractivity contribution in [2.24, 2.45) is 13.0 Å². The van der Waals surface area contributed by atoms with Crippen molar-refractivity contribution >= 4 is 51.8 Å². The summed E-state index contributed by atoms with van der Waals surface area (Å²) in [5, 5.41) is 10.0. The first-order valence-electron chi connectivity index (χ1n) is 15.7. The Hall–Kier alpha value is -4.66. The Morgan fingerprint density at radius 1 is 0.979 bits per heavy atom. The number of carbonyl (C=O) groups is 1. The number of nitrogens with zero attached hydrogens (tertiary/aromatic N) is 6. The Bertz CT molecular complexity index is 2060. The molecule has 4 heterocycles. The first-order chi connectivity index (χ1) is 22.7. The molecule has 0 aliphatic carbocycles. The Morgan fingerprint density at radius 3 is 2.23 bits per heavy atom. The molecule has 0 saturated carbocycles. The summed E-state index contributed by atoms with van der Waals surface area (Å²) in [7, 11) is 1.77. The lowest BCUT2D eigenvalue weighted by atomic mass is 9.90. The predicted molar refractivity (Wildman–Crippen MR) is 192 cm³/mol. The van der Waals surface area contributed by atoms with Gasteiger partial charge in [-0.3, -0.25) is 28.5 Å².